The lowest BCUT2D eigenvalue weighted by Gasteiger charge is -2.43. The second-order valence-corrected chi connectivity index (χ2v) is 5.50. The smallest absolute Gasteiger partial charge is 0.434 e. The molecule has 8 heteroatoms. The molecule has 0 bridgehead atoms. The average Bonchev–Trinajstić information content (AvgIpc) is 2.61. The average molecular weight is 341 g/mol. The fourth-order valence-corrected chi connectivity index (χ4v) is 2.48. The molecule has 1 aliphatic heterocycles. The summed E-state index contributed by atoms with van der Waals surface area (Å²) in [4.78, 5) is 17.8. The lowest BCUT2D eigenvalue weighted by Crippen LogP contribution is -2.63. The number of hydrogen-bond acceptors (Lipinski definition) is 7. The van der Waals surface area contributed by atoms with Crippen molar-refractivity contribution in [3.8, 4) is 0 Å². The second kappa shape index (κ2) is 8.41. The first-order valence-electron chi connectivity index (χ1n) is 7.58. The van der Waals surface area contributed by atoms with Gasteiger partial charge in [-0.15, -0.1) is 0 Å². The Labute approximate surface area is 140 Å². The number of nitrogens with zero attached hydrogens (tertiary/aromatic N) is 1. The van der Waals surface area contributed by atoms with Crippen LogP contribution in [0.15, 0.2) is 30.3 Å². The maximum atomic E-state index is 12.3. The van der Waals surface area contributed by atoms with Gasteiger partial charge in [-0.05, 0) is 12.5 Å². The van der Waals surface area contributed by atoms with Gasteiger partial charge in [0.25, 0.3) is 0 Å². The van der Waals surface area contributed by atoms with E-state index in [-0.39, 0.29) is 6.61 Å². The van der Waals surface area contributed by atoms with Crippen LogP contribution in [0.4, 0.5) is 4.79 Å². The molecule has 4 atom stereocenters. The summed E-state index contributed by atoms with van der Waals surface area (Å²) in [7, 11) is 2.74. The molecule has 24 heavy (non-hydrogen) atoms. The lowest BCUT2D eigenvalue weighted by molar-refractivity contribution is -0.331. The van der Waals surface area contributed by atoms with E-state index in [1.54, 1.807) is 6.92 Å². The van der Waals surface area contributed by atoms with Gasteiger partial charge in [-0.2, -0.15) is 5.06 Å². The number of amides is 1. The van der Waals surface area contributed by atoms with Gasteiger partial charge >= 0.3 is 6.09 Å². The zero-order valence-corrected chi connectivity index (χ0v) is 13.9. The number of carbonyl (C=O) groups excluding carboxylic acids is 1. The molecule has 0 radical (unpaired) electrons. The van der Waals surface area contributed by atoms with Crippen LogP contribution in [-0.2, 0) is 25.7 Å². The third-order valence-electron chi connectivity index (χ3n) is 3.90. The van der Waals surface area contributed by atoms with Crippen molar-refractivity contribution in [3.05, 3.63) is 35.9 Å². The van der Waals surface area contributed by atoms with Crippen LogP contribution in [0.5, 0.6) is 0 Å². The number of hydroxylamine groups is 2. The molecule has 0 spiro atoms. The van der Waals surface area contributed by atoms with Gasteiger partial charge in [-0.1, -0.05) is 30.3 Å². The topological polar surface area (TPSA) is 97.7 Å². The normalized spacial score (nSPS) is 27.3. The van der Waals surface area contributed by atoms with Crippen LogP contribution in [0.3, 0.4) is 0 Å². The Hall–Kier alpha value is -1.71. The Balaban J connectivity index is 2.05. The van der Waals surface area contributed by atoms with Gasteiger partial charge in [0, 0.05) is 14.2 Å². The maximum absolute atomic E-state index is 12.3. The summed E-state index contributed by atoms with van der Waals surface area (Å²) in [6.07, 6.45) is -5.31. The fraction of sp³-hybridized carbons (Fsp3) is 0.562. The Morgan fingerprint density at radius 1 is 1.21 bits per heavy atom. The van der Waals surface area contributed by atoms with Gasteiger partial charge in [0.1, 0.15) is 18.8 Å². The Morgan fingerprint density at radius 3 is 2.42 bits per heavy atom. The molecule has 0 saturated carbocycles. The van der Waals surface area contributed by atoms with Crippen LogP contribution >= 0.6 is 0 Å². The zero-order chi connectivity index (χ0) is 17.7. The zero-order valence-electron chi connectivity index (χ0n) is 13.9. The van der Waals surface area contributed by atoms with Gasteiger partial charge < -0.3 is 24.4 Å². The molecule has 0 aliphatic carbocycles. The minimum atomic E-state index is -1.27. The van der Waals surface area contributed by atoms with Crippen LogP contribution in [0.2, 0.25) is 0 Å². The summed E-state index contributed by atoms with van der Waals surface area (Å²) in [6.45, 7) is 1.61. The molecule has 2 rings (SSSR count). The number of hydrogen-bond donors (Lipinski definition) is 2. The molecule has 0 unspecified atom stereocenters. The SMILES string of the molecule is COC(OC)[C@H]1ON(C(=O)OCc2ccccc2)[C@@H](C)[C@H](O)[C@@H]1O. The molecule has 8 nitrogen and oxygen atoms in total. The van der Waals surface area contributed by atoms with Crippen molar-refractivity contribution >= 4 is 6.09 Å². The highest BCUT2D eigenvalue weighted by molar-refractivity contribution is 5.67. The van der Waals surface area contributed by atoms with Gasteiger partial charge in [0.2, 0.25) is 0 Å². The molecule has 1 amide bonds. The summed E-state index contributed by atoms with van der Waals surface area (Å²) >= 11 is 0. The van der Waals surface area contributed by atoms with Gasteiger partial charge in [0.15, 0.2) is 12.4 Å². The molecule has 1 aliphatic rings. The van der Waals surface area contributed by atoms with Gasteiger partial charge in [-0.25, -0.2) is 4.79 Å². The molecular formula is C16H23NO7. The van der Waals surface area contributed by atoms with Crippen molar-refractivity contribution in [2.75, 3.05) is 14.2 Å². The van der Waals surface area contributed by atoms with Crippen LogP contribution < -0.4 is 0 Å². The van der Waals surface area contributed by atoms with Crippen molar-refractivity contribution in [1.29, 1.82) is 0 Å². The monoisotopic (exact) mass is 341 g/mol. The standard InChI is InChI=1S/C16H23NO7/c1-10-12(18)13(19)14(15(21-2)22-3)24-17(10)16(20)23-9-11-7-5-4-6-8-11/h4-8,10,12-15,18-19H,9H2,1-3H3/t10-,12-,13-,14-/m0/s1. The summed E-state index contributed by atoms with van der Waals surface area (Å²) in [5.41, 5.74) is 0.819. The molecule has 1 heterocycles. The van der Waals surface area contributed by atoms with E-state index in [0.717, 1.165) is 10.6 Å². The predicted octanol–water partition coefficient (Wildman–Crippen LogP) is 0.668. The van der Waals surface area contributed by atoms with E-state index >= 15 is 0 Å². The minimum Gasteiger partial charge on any atom is -0.443 e. The predicted molar refractivity (Wildman–Crippen MR) is 82.6 cm³/mol. The minimum absolute atomic E-state index is 0.0630. The van der Waals surface area contributed by atoms with Crippen molar-refractivity contribution in [1.82, 2.24) is 5.06 Å². The van der Waals surface area contributed by atoms with Gasteiger partial charge in [-0.3, -0.25) is 4.84 Å². The first-order chi connectivity index (χ1) is 11.5. The van der Waals surface area contributed by atoms with Crippen LogP contribution in [-0.4, -0.2) is 66.2 Å². The van der Waals surface area contributed by atoms with E-state index in [4.69, 9.17) is 19.0 Å². The summed E-state index contributed by atoms with van der Waals surface area (Å²) in [5.74, 6) is 0. The summed E-state index contributed by atoms with van der Waals surface area (Å²) in [5, 5.41) is 21.2. The molecule has 1 fully saturated rings. The van der Waals surface area contributed by atoms with Crippen molar-refractivity contribution in [3.63, 3.8) is 0 Å². The molecule has 2 N–H and O–H groups in total. The Morgan fingerprint density at radius 2 is 1.83 bits per heavy atom. The van der Waals surface area contributed by atoms with Crippen molar-refractivity contribution < 1.29 is 34.1 Å². The Bertz CT molecular complexity index is 522. The lowest BCUT2D eigenvalue weighted by atomic mass is 10.00. The van der Waals surface area contributed by atoms with Crippen LogP contribution in [0, 0.1) is 0 Å². The summed E-state index contributed by atoms with van der Waals surface area (Å²) in [6, 6.07) is 8.37. The van der Waals surface area contributed by atoms with E-state index in [1.807, 2.05) is 30.3 Å². The van der Waals surface area contributed by atoms with Crippen LogP contribution in [0.25, 0.3) is 0 Å². The number of methoxy groups -OCH3 is 2. The molecule has 0 aromatic heterocycles. The quantitative estimate of drug-likeness (QED) is 0.760. The van der Waals surface area contributed by atoms with Crippen molar-refractivity contribution in [2.24, 2.45) is 0 Å². The molecule has 1 aromatic rings. The number of carbonyl (C=O) groups is 1. The molecule has 1 aromatic carbocycles. The first kappa shape index (κ1) is 18.6. The third kappa shape index (κ3) is 4.03. The highest BCUT2D eigenvalue weighted by Gasteiger charge is 2.47. The maximum Gasteiger partial charge on any atom is 0.434 e. The highest BCUT2D eigenvalue weighted by Crippen LogP contribution is 2.25. The number of ether oxygens (including phenoxy) is 3. The number of rotatable bonds is 5. The number of aliphatic hydroxyl groups excluding tert-OH is 2. The molecule has 1 saturated heterocycles. The van der Waals surface area contributed by atoms with Crippen LogP contribution in [0.1, 0.15) is 12.5 Å². The van der Waals surface area contributed by atoms with E-state index in [2.05, 4.69) is 0 Å². The molecular weight excluding hydrogens is 318 g/mol. The van der Waals surface area contributed by atoms with Crippen molar-refractivity contribution in [2.45, 2.75) is 44.2 Å². The van der Waals surface area contributed by atoms with E-state index in [1.165, 1.54) is 14.2 Å². The van der Waals surface area contributed by atoms with E-state index in [9.17, 15) is 15.0 Å². The largest absolute Gasteiger partial charge is 0.443 e. The third-order valence-corrected chi connectivity index (χ3v) is 3.90. The van der Waals surface area contributed by atoms with Gasteiger partial charge in [0.05, 0.1) is 6.04 Å². The van der Waals surface area contributed by atoms with E-state index in [0.29, 0.717) is 0 Å². The Kier molecular flexibility index (Phi) is 6.52. The molecule has 134 valence electrons. The highest BCUT2D eigenvalue weighted by atomic mass is 16.8. The first-order valence-corrected chi connectivity index (χ1v) is 7.58. The number of aliphatic hydroxyl groups is 2. The fourth-order valence-electron chi connectivity index (χ4n) is 2.48. The number of benzene rings is 1. The summed E-state index contributed by atoms with van der Waals surface area (Å²) < 4.78 is 15.3. The van der Waals surface area contributed by atoms with E-state index < -0.39 is 36.7 Å². The second-order valence-electron chi connectivity index (χ2n) is 5.50.